The number of aromatic nitrogens is 2. The van der Waals surface area contributed by atoms with E-state index in [0.29, 0.717) is 42.0 Å². The SMILES string of the molecule is CC1CN(c2ncc3ccsc3n2)CCC1(NCc1ccc(Cl)c(Cl)c1)C(=O)O. The molecule has 152 valence electrons. The average Bonchev–Trinajstić information content (AvgIpc) is 3.17. The van der Waals surface area contributed by atoms with Crippen LogP contribution in [0.1, 0.15) is 18.9 Å². The normalized spacial score (nSPS) is 22.2. The number of halogens is 2. The highest BCUT2D eigenvalue weighted by atomic mass is 35.5. The molecule has 0 radical (unpaired) electrons. The molecule has 1 fully saturated rings. The maximum atomic E-state index is 12.3. The third-order valence-electron chi connectivity index (χ3n) is 5.56. The average molecular weight is 451 g/mol. The molecule has 1 aromatic carbocycles. The van der Waals surface area contributed by atoms with E-state index in [1.165, 1.54) is 0 Å². The monoisotopic (exact) mass is 450 g/mol. The minimum atomic E-state index is -1.03. The van der Waals surface area contributed by atoms with Gasteiger partial charge in [-0.25, -0.2) is 9.97 Å². The molecule has 1 aliphatic heterocycles. The van der Waals surface area contributed by atoms with E-state index in [4.69, 9.17) is 23.2 Å². The molecule has 3 heterocycles. The first-order valence-electron chi connectivity index (χ1n) is 9.26. The van der Waals surface area contributed by atoms with E-state index < -0.39 is 11.5 Å². The number of hydrogen-bond acceptors (Lipinski definition) is 6. The van der Waals surface area contributed by atoms with Crippen molar-refractivity contribution in [3.8, 4) is 0 Å². The molecule has 0 saturated carbocycles. The summed E-state index contributed by atoms with van der Waals surface area (Å²) < 4.78 is 0. The van der Waals surface area contributed by atoms with E-state index in [0.717, 1.165) is 15.8 Å². The molecule has 9 heteroatoms. The predicted molar refractivity (Wildman–Crippen MR) is 117 cm³/mol. The zero-order valence-corrected chi connectivity index (χ0v) is 18.1. The summed E-state index contributed by atoms with van der Waals surface area (Å²) in [5.74, 6) is -0.353. The second kappa shape index (κ2) is 8.07. The number of nitrogens with zero attached hydrogens (tertiary/aromatic N) is 3. The first-order valence-corrected chi connectivity index (χ1v) is 10.9. The summed E-state index contributed by atoms with van der Waals surface area (Å²) >= 11 is 13.6. The van der Waals surface area contributed by atoms with Crippen molar-refractivity contribution in [2.75, 3.05) is 18.0 Å². The van der Waals surface area contributed by atoms with Crippen LogP contribution in [0.15, 0.2) is 35.8 Å². The molecule has 1 saturated heterocycles. The van der Waals surface area contributed by atoms with Crippen LogP contribution >= 0.6 is 34.5 Å². The van der Waals surface area contributed by atoms with E-state index in [1.807, 2.05) is 30.6 Å². The molecule has 0 spiro atoms. The molecule has 29 heavy (non-hydrogen) atoms. The van der Waals surface area contributed by atoms with E-state index in [1.54, 1.807) is 23.5 Å². The van der Waals surface area contributed by atoms with Crippen molar-refractivity contribution in [2.45, 2.75) is 25.4 Å². The van der Waals surface area contributed by atoms with Gasteiger partial charge in [-0.05, 0) is 35.6 Å². The summed E-state index contributed by atoms with van der Waals surface area (Å²) in [5.41, 5.74) is -0.142. The van der Waals surface area contributed by atoms with Gasteiger partial charge in [-0.1, -0.05) is 36.2 Å². The van der Waals surface area contributed by atoms with Gasteiger partial charge in [0.2, 0.25) is 5.95 Å². The Morgan fingerprint density at radius 2 is 2.21 bits per heavy atom. The van der Waals surface area contributed by atoms with Crippen LogP contribution in [0, 0.1) is 5.92 Å². The number of piperidine rings is 1. The first kappa shape index (κ1) is 20.3. The standard InChI is InChI=1S/C20H20Cl2N4O2S/c1-12-11-26(19-23-10-14-4-7-29-17(14)25-19)6-5-20(12,18(27)28)24-9-13-2-3-15(21)16(22)8-13/h2-4,7-8,10,12,24H,5-6,9,11H2,1H3,(H,27,28). The van der Waals surface area contributed by atoms with Crippen molar-refractivity contribution >= 4 is 56.7 Å². The lowest BCUT2D eigenvalue weighted by Gasteiger charge is -2.44. The Kier molecular flexibility index (Phi) is 5.66. The molecule has 0 bridgehead atoms. The number of anilines is 1. The number of thiophene rings is 1. The molecule has 2 aromatic heterocycles. The molecule has 2 atom stereocenters. The number of hydrogen-bond donors (Lipinski definition) is 2. The quantitative estimate of drug-likeness (QED) is 0.597. The van der Waals surface area contributed by atoms with E-state index in [-0.39, 0.29) is 5.92 Å². The van der Waals surface area contributed by atoms with Crippen molar-refractivity contribution < 1.29 is 9.90 Å². The third-order valence-corrected chi connectivity index (χ3v) is 7.12. The van der Waals surface area contributed by atoms with Gasteiger partial charge in [0.25, 0.3) is 0 Å². The number of fused-ring (bicyclic) bond motifs is 1. The zero-order valence-electron chi connectivity index (χ0n) is 15.7. The highest BCUT2D eigenvalue weighted by Crippen LogP contribution is 2.32. The third kappa shape index (κ3) is 3.92. The molecule has 1 aliphatic rings. The summed E-state index contributed by atoms with van der Waals surface area (Å²) in [7, 11) is 0. The van der Waals surface area contributed by atoms with Gasteiger partial charge in [-0.2, -0.15) is 0 Å². The smallest absolute Gasteiger partial charge is 0.324 e. The Morgan fingerprint density at radius 1 is 1.38 bits per heavy atom. The van der Waals surface area contributed by atoms with E-state index in [9.17, 15) is 9.90 Å². The lowest BCUT2D eigenvalue weighted by atomic mass is 9.78. The minimum Gasteiger partial charge on any atom is -0.480 e. The van der Waals surface area contributed by atoms with Crippen molar-refractivity contribution in [1.82, 2.24) is 15.3 Å². The van der Waals surface area contributed by atoms with Crippen LogP contribution < -0.4 is 10.2 Å². The highest BCUT2D eigenvalue weighted by Gasteiger charge is 2.47. The van der Waals surface area contributed by atoms with Crippen LogP contribution in [-0.4, -0.2) is 39.7 Å². The van der Waals surface area contributed by atoms with Gasteiger partial charge >= 0.3 is 5.97 Å². The van der Waals surface area contributed by atoms with Crippen LogP contribution in [0.25, 0.3) is 10.2 Å². The summed E-state index contributed by atoms with van der Waals surface area (Å²) in [6.07, 6.45) is 2.26. The summed E-state index contributed by atoms with van der Waals surface area (Å²) in [6.45, 7) is 3.45. The van der Waals surface area contributed by atoms with Crippen molar-refractivity contribution in [3.05, 3.63) is 51.5 Å². The predicted octanol–water partition coefficient (Wildman–Crippen LogP) is 4.46. The van der Waals surface area contributed by atoms with Gasteiger partial charge in [0.15, 0.2) is 0 Å². The molecular formula is C20H20Cl2N4O2S. The Labute approximate surface area is 182 Å². The molecule has 6 nitrogen and oxygen atoms in total. The van der Waals surface area contributed by atoms with E-state index >= 15 is 0 Å². The lowest BCUT2D eigenvalue weighted by Crippen LogP contribution is -2.63. The Balaban J connectivity index is 1.51. The largest absolute Gasteiger partial charge is 0.480 e. The zero-order chi connectivity index (χ0) is 20.6. The second-order valence-electron chi connectivity index (χ2n) is 7.33. The fourth-order valence-corrected chi connectivity index (χ4v) is 4.84. The van der Waals surface area contributed by atoms with Gasteiger partial charge < -0.3 is 10.0 Å². The summed E-state index contributed by atoms with van der Waals surface area (Å²) in [5, 5.41) is 17.3. The van der Waals surface area contributed by atoms with Crippen LogP contribution in [0.4, 0.5) is 5.95 Å². The van der Waals surface area contributed by atoms with Gasteiger partial charge in [0.1, 0.15) is 10.4 Å². The Morgan fingerprint density at radius 3 is 2.93 bits per heavy atom. The van der Waals surface area contributed by atoms with Gasteiger partial charge in [0.05, 0.1) is 10.0 Å². The first-order chi connectivity index (χ1) is 13.9. The molecule has 0 aliphatic carbocycles. The summed E-state index contributed by atoms with van der Waals surface area (Å²) in [4.78, 5) is 24.4. The number of nitrogens with one attached hydrogen (secondary N) is 1. The Hall–Kier alpha value is -1.93. The lowest BCUT2D eigenvalue weighted by molar-refractivity contribution is -0.148. The number of aliphatic carboxylic acids is 1. The molecule has 2 N–H and O–H groups in total. The maximum Gasteiger partial charge on any atom is 0.324 e. The fraction of sp³-hybridized carbons (Fsp3) is 0.350. The number of carboxylic acids is 1. The van der Waals surface area contributed by atoms with Gasteiger partial charge in [0, 0.05) is 37.1 Å². The van der Waals surface area contributed by atoms with Crippen LogP contribution in [0.5, 0.6) is 0 Å². The van der Waals surface area contributed by atoms with Crippen LogP contribution in [0.2, 0.25) is 10.0 Å². The summed E-state index contributed by atoms with van der Waals surface area (Å²) in [6, 6.07) is 7.32. The number of carbonyl (C=O) groups is 1. The number of benzene rings is 1. The van der Waals surface area contributed by atoms with Crippen molar-refractivity contribution in [2.24, 2.45) is 5.92 Å². The molecular weight excluding hydrogens is 431 g/mol. The molecule has 0 amide bonds. The minimum absolute atomic E-state index is 0.154. The number of rotatable bonds is 5. The van der Waals surface area contributed by atoms with Crippen molar-refractivity contribution in [3.63, 3.8) is 0 Å². The highest BCUT2D eigenvalue weighted by molar-refractivity contribution is 7.16. The van der Waals surface area contributed by atoms with Crippen molar-refractivity contribution in [1.29, 1.82) is 0 Å². The fourth-order valence-electron chi connectivity index (χ4n) is 3.78. The molecule has 4 rings (SSSR count). The molecule has 2 unspecified atom stereocenters. The second-order valence-corrected chi connectivity index (χ2v) is 9.04. The number of carboxylic acid groups (broad SMARTS) is 1. The van der Waals surface area contributed by atoms with Crippen LogP contribution in [-0.2, 0) is 11.3 Å². The van der Waals surface area contributed by atoms with Gasteiger partial charge in [-0.3, -0.25) is 10.1 Å². The van der Waals surface area contributed by atoms with Gasteiger partial charge in [-0.15, -0.1) is 11.3 Å². The topological polar surface area (TPSA) is 78.4 Å². The van der Waals surface area contributed by atoms with E-state index in [2.05, 4.69) is 20.2 Å². The Bertz CT molecular complexity index is 1060. The maximum absolute atomic E-state index is 12.3. The van der Waals surface area contributed by atoms with Crippen LogP contribution in [0.3, 0.4) is 0 Å². The molecule has 3 aromatic rings.